The van der Waals surface area contributed by atoms with Gasteiger partial charge in [-0.25, -0.2) is 0 Å². The van der Waals surface area contributed by atoms with Gasteiger partial charge in [-0.1, -0.05) is 50.4 Å². The molecule has 1 aromatic carbocycles. The van der Waals surface area contributed by atoms with Crippen LogP contribution in [0.1, 0.15) is 12.5 Å². The van der Waals surface area contributed by atoms with Gasteiger partial charge >= 0.3 is 0 Å². The number of carbonyl (C=O) groups is 1. The Morgan fingerprint density at radius 1 is 1.17 bits per heavy atom. The number of rotatable bonds is 7. The van der Waals surface area contributed by atoms with Crippen molar-refractivity contribution in [3.63, 3.8) is 0 Å². The van der Waals surface area contributed by atoms with E-state index in [9.17, 15) is 4.79 Å². The molecule has 1 heterocycles. The molecule has 0 saturated carbocycles. The van der Waals surface area contributed by atoms with Crippen LogP contribution in [0.25, 0.3) is 0 Å². The molecule has 1 aromatic rings. The van der Waals surface area contributed by atoms with Crippen LogP contribution in [0.15, 0.2) is 55.3 Å². The topological polar surface area (TPSA) is 26.8 Å². The molecule has 1 amide bonds. The monoisotopic (exact) mass is 313 g/mol. The van der Waals surface area contributed by atoms with Gasteiger partial charge < -0.3 is 9.80 Å². The van der Waals surface area contributed by atoms with Crippen LogP contribution in [0.2, 0.25) is 0 Å². The number of hydrogen-bond donors (Lipinski definition) is 0. The largest absolute Gasteiger partial charge is 0.368 e. The standard InChI is InChI=1S/C19H27N3O/c1-4-17(3)21-11-13-22(14-12-21)19(23)16-20(5-2)15-18-9-7-6-8-10-18/h4,6-10H,1,3,5,11-16H2,2H3. The van der Waals surface area contributed by atoms with E-state index in [1.54, 1.807) is 6.08 Å². The van der Waals surface area contributed by atoms with E-state index in [0.717, 1.165) is 45.0 Å². The molecule has 1 saturated heterocycles. The van der Waals surface area contributed by atoms with E-state index in [1.807, 2.05) is 23.1 Å². The maximum Gasteiger partial charge on any atom is 0.236 e. The summed E-state index contributed by atoms with van der Waals surface area (Å²) in [6.45, 7) is 15.2. The van der Waals surface area contributed by atoms with Crippen LogP contribution in [-0.2, 0) is 11.3 Å². The first-order valence-corrected chi connectivity index (χ1v) is 8.24. The SMILES string of the molecule is C=CC(=C)N1CCN(C(=O)CN(CC)Cc2ccccc2)CC1. The second kappa shape index (κ2) is 8.53. The van der Waals surface area contributed by atoms with Crippen molar-refractivity contribution in [1.29, 1.82) is 0 Å². The molecule has 1 aliphatic rings. The second-order valence-electron chi connectivity index (χ2n) is 5.85. The molecule has 0 N–H and O–H groups in total. The number of benzene rings is 1. The molecule has 0 aromatic heterocycles. The zero-order valence-electron chi connectivity index (χ0n) is 14.1. The van der Waals surface area contributed by atoms with Crippen molar-refractivity contribution in [1.82, 2.24) is 14.7 Å². The molecular formula is C19H27N3O. The molecule has 1 aliphatic heterocycles. The van der Waals surface area contributed by atoms with Crippen LogP contribution < -0.4 is 0 Å². The van der Waals surface area contributed by atoms with Crippen LogP contribution in [-0.4, -0.2) is 59.9 Å². The fraction of sp³-hybridized carbons (Fsp3) is 0.421. The Balaban J connectivity index is 1.83. The van der Waals surface area contributed by atoms with Gasteiger partial charge in [-0.3, -0.25) is 9.69 Å². The Labute approximate surface area is 139 Å². The highest BCUT2D eigenvalue weighted by molar-refractivity contribution is 5.78. The van der Waals surface area contributed by atoms with Crippen molar-refractivity contribution in [3.8, 4) is 0 Å². The van der Waals surface area contributed by atoms with E-state index in [0.29, 0.717) is 6.54 Å². The Bertz CT molecular complexity index is 533. The number of nitrogens with zero attached hydrogens (tertiary/aromatic N) is 3. The minimum Gasteiger partial charge on any atom is -0.368 e. The fourth-order valence-electron chi connectivity index (χ4n) is 2.78. The first kappa shape index (κ1) is 17.3. The average molecular weight is 313 g/mol. The molecule has 0 aliphatic carbocycles. The molecule has 0 atom stereocenters. The van der Waals surface area contributed by atoms with Gasteiger partial charge in [-0.2, -0.15) is 0 Å². The molecule has 0 spiro atoms. The van der Waals surface area contributed by atoms with Gasteiger partial charge in [0.05, 0.1) is 6.54 Å². The molecule has 0 unspecified atom stereocenters. The molecule has 23 heavy (non-hydrogen) atoms. The zero-order chi connectivity index (χ0) is 16.7. The molecule has 1 fully saturated rings. The van der Waals surface area contributed by atoms with Crippen molar-refractivity contribution in [2.75, 3.05) is 39.3 Å². The molecule has 2 rings (SSSR count). The summed E-state index contributed by atoms with van der Waals surface area (Å²) in [6.07, 6.45) is 1.77. The van der Waals surface area contributed by atoms with E-state index in [1.165, 1.54) is 5.56 Å². The maximum atomic E-state index is 12.5. The third-order valence-corrected chi connectivity index (χ3v) is 4.33. The average Bonchev–Trinajstić information content (AvgIpc) is 2.61. The molecule has 4 nitrogen and oxygen atoms in total. The molecule has 0 bridgehead atoms. The Hall–Kier alpha value is -2.07. The van der Waals surface area contributed by atoms with E-state index in [4.69, 9.17) is 0 Å². The number of allylic oxidation sites excluding steroid dienone is 1. The lowest BCUT2D eigenvalue weighted by Gasteiger charge is -2.37. The van der Waals surface area contributed by atoms with E-state index in [2.05, 4.69) is 42.0 Å². The molecule has 124 valence electrons. The number of amides is 1. The quantitative estimate of drug-likeness (QED) is 0.723. The van der Waals surface area contributed by atoms with E-state index >= 15 is 0 Å². The summed E-state index contributed by atoms with van der Waals surface area (Å²) in [4.78, 5) is 18.9. The van der Waals surface area contributed by atoms with Crippen LogP contribution in [0.3, 0.4) is 0 Å². The molecule has 4 heteroatoms. The summed E-state index contributed by atoms with van der Waals surface area (Å²) in [7, 11) is 0. The van der Waals surface area contributed by atoms with Gasteiger partial charge in [0.15, 0.2) is 0 Å². The summed E-state index contributed by atoms with van der Waals surface area (Å²) < 4.78 is 0. The van der Waals surface area contributed by atoms with Gasteiger partial charge in [-0.05, 0) is 18.2 Å². The van der Waals surface area contributed by atoms with Gasteiger partial charge in [0.2, 0.25) is 5.91 Å². The predicted molar refractivity (Wildman–Crippen MR) is 94.9 cm³/mol. The Kier molecular flexibility index (Phi) is 6.41. The van der Waals surface area contributed by atoms with Crippen LogP contribution in [0.4, 0.5) is 0 Å². The van der Waals surface area contributed by atoms with Crippen molar-refractivity contribution in [2.24, 2.45) is 0 Å². The van der Waals surface area contributed by atoms with Crippen molar-refractivity contribution >= 4 is 5.91 Å². The lowest BCUT2D eigenvalue weighted by molar-refractivity contribution is -0.134. The zero-order valence-corrected chi connectivity index (χ0v) is 14.1. The number of piperazine rings is 1. The van der Waals surface area contributed by atoms with E-state index in [-0.39, 0.29) is 5.91 Å². The highest BCUT2D eigenvalue weighted by atomic mass is 16.2. The fourth-order valence-corrected chi connectivity index (χ4v) is 2.78. The van der Waals surface area contributed by atoms with Gasteiger partial charge in [-0.15, -0.1) is 0 Å². The van der Waals surface area contributed by atoms with Gasteiger partial charge in [0.1, 0.15) is 0 Å². The predicted octanol–water partition coefficient (Wildman–Crippen LogP) is 2.35. The summed E-state index contributed by atoms with van der Waals surface area (Å²) in [6, 6.07) is 10.3. The lowest BCUT2D eigenvalue weighted by Crippen LogP contribution is -2.50. The van der Waals surface area contributed by atoms with Gasteiger partial charge in [0, 0.05) is 38.4 Å². The van der Waals surface area contributed by atoms with Crippen molar-refractivity contribution < 1.29 is 4.79 Å². The first-order chi connectivity index (χ1) is 11.1. The molecular weight excluding hydrogens is 286 g/mol. The summed E-state index contributed by atoms with van der Waals surface area (Å²) in [5.41, 5.74) is 2.19. The van der Waals surface area contributed by atoms with Crippen LogP contribution in [0, 0.1) is 0 Å². The normalized spacial score (nSPS) is 14.9. The number of hydrogen-bond acceptors (Lipinski definition) is 3. The summed E-state index contributed by atoms with van der Waals surface area (Å²) >= 11 is 0. The maximum absolute atomic E-state index is 12.5. The minimum absolute atomic E-state index is 0.214. The third kappa shape index (κ3) is 4.96. The Morgan fingerprint density at radius 2 is 1.78 bits per heavy atom. The van der Waals surface area contributed by atoms with Crippen molar-refractivity contribution in [3.05, 3.63) is 60.8 Å². The van der Waals surface area contributed by atoms with E-state index < -0.39 is 0 Å². The lowest BCUT2D eigenvalue weighted by atomic mass is 10.2. The van der Waals surface area contributed by atoms with Gasteiger partial charge in [0.25, 0.3) is 0 Å². The van der Waals surface area contributed by atoms with Crippen LogP contribution >= 0.6 is 0 Å². The summed E-state index contributed by atoms with van der Waals surface area (Å²) in [5, 5.41) is 0. The van der Waals surface area contributed by atoms with Crippen LogP contribution in [0.5, 0.6) is 0 Å². The smallest absolute Gasteiger partial charge is 0.236 e. The Morgan fingerprint density at radius 3 is 2.35 bits per heavy atom. The third-order valence-electron chi connectivity index (χ3n) is 4.33. The molecule has 0 radical (unpaired) electrons. The number of likely N-dealkylation sites (N-methyl/N-ethyl adjacent to an activating group) is 1. The first-order valence-electron chi connectivity index (χ1n) is 8.24. The summed E-state index contributed by atoms with van der Waals surface area (Å²) in [5.74, 6) is 0.214. The minimum atomic E-state index is 0.214. The number of carbonyl (C=O) groups excluding carboxylic acids is 1. The van der Waals surface area contributed by atoms with Crippen molar-refractivity contribution in [2.45, 2.75) is 13.5 Å². The highest BCUT2D eigenvalue weighted by Gasteiger charge is 2.22. The highest BCUT2D eigenvalue weighted by Crippen LogP contribution is 2.10. The second-order valence-corrected chi connectivity index (χ2v) is 5.85.